The van der Waals surface area contributed by atoms with Crippen LogP contribution < -0.4 is 11.1 Å². The van der Waals surface area contributed by atoms with Gasteiger partial charge in [0.15, 0.2) is 0 Å². The van der Waals surface area contributed by atoms with E-state index in [0.29, 0.717) is 26.3 Å². The molecule has 0 bridgehead atoms. The third-order valence-electron chi connectivity index (χ3n) is 2.00. The van der Waals surface area contributed by atoms with Crippen molar-refractivity contribution < 1.29 is 9.53 Å². The summed E-state index contributed by atoms with van der Waals surface area (Å²) in [6.45, 7) is 2.35. The molecule has 1 atom stereocenters. The summed E-state index contributed by atoms with van der Waals surface area (Å²) in [4.78, 5) is 11.4. The minimum Gasteiger partial charge on any atom is -0.381 e. The van der Waals surface area contributed by atoms with Gasteiger partial charge in [0.2, 0.25) is 5.91 Å². The molecule has 1 aliphatic heterocycles. The number of hydrogen-bond acceptors (Lipinski definition) is 3. The van der Waals surface area contributed by atoms with Gasteiger partial charge < -0.3 is 15.8 Å². The summed E-state index contributed by atoms with van der Waals surface area (Å²) in [5.41, 5.74) is 5.25. The van der Waals surface area contributed by atoms with E-state index >= 15 is 0 Å². The standard InChI is InChI=1S/C9H16N2O2/c10-4-1-2-5-11-9(12)8-3-6-13-7-8/h1-2,8H,3-7,10H2,(H,11,12)/b2-1+. The fourth-order valence-electron chi connectivity index (χ4n) is 1.22. The van der Waals surface area contributed by atoms with Crippen molar-refractivity contribution in [3.8, 4) is 0 Å². The molecule has 13 heavy (non-hydrogen) atoms. The SMILES string of the molecule is NC/C=C/CNC(=O)C1CCOC1. The molecule has 0 aromatic heterocycles. The van der Waals surface area contributed by atoms with Crippen molar-refractivity contribution in [2.45, 2.75) is 6.42 Å². The van der Waals surface area contributed by atoms with E-state index in [4.69, 9.17) is 10.5 Å². The first-order valence-corrected chi connectivity index (χ1v) is 4.55. The van der Waals surface area contributed by atoms with Gasteiger partial charge in [0.05, 0.1) is 12.5 Å². The molecule has 1 aliphatic rings. The lowest BCUT2D eigenvalue weighted by Crippen LogP contribution is -2.31. The number of nitrogens with one attached hydrogen (secondary N) is 1. The van der Waals surface area contributed by atoms with E-state index in [1.165, 1.54) is 0 Å². The molecule has 4 heteroatoms. The highest BCUT2D eigenvalue weighted by Gasteiger charge is 2.22. The first-order chi connectivity index (χ1) is 6.34. The van der Waals surface area contributed by atoms with E-state index in [-0.39, 0.29) is 11.8 Å². The Morgan fingerprint density at radius 3 is 3.08 bits per heavy atom. The Balaban J connectivity index is 2.13. The summed E-state index contributed by atoms with van der Waals surface area (Å²) < 4.78 is 5.11. The van der Waals surface area contributed by atoms with Gasteiger partial charge in [0, 0.05) is 19.7 Å². The van der Waals surface area contributed by atoms with Crippen LogP contribution in [0.1, 0.15) is 6.42 Å². The second-order valence-corrected chi connectivity index (χ2v) is 3.01. The van der Waals surface area contributed by atoms with Gasteiger partial charge in [-0.1, -0.05) is 12.2 Å². The molecule has 74 valence electrons. The predicted molar refractivity (Wildman–Crippen MR) is 50.1 cm³/mol. The van der Waals surface area contributed by atoms with Gasteiger partial charge in [-0.25, -0.2) is 0 Å². The van der Waals surface area contributed by atoms with Crippen molar-refractivity contribution in [1.29, 1.82) is 0 Å². The summed E-state index contributed by atoms with van der Waals surface area (Å²) in [6.07, 6.45) is 4.52. The van der Waals surface area contributed by atoms with Crippen LogP contribution in [0.15, 0.2) is 12.2 Å². The number of amides is 1. The molecule has 1 rings (SSSR count). The zero-order chi connectivity index (χ0) is 9.52. The number of carbonyl (C=O) groups excluding carboxylic acids is 1. The molecule has 0 spiro atoms. The van der Waals surface area contributed by atoms with Crippen LogP contribution in [0.3, 0.4) is 0 Å². The number of carbonyl (C=O) groups is 1. The normalized spacial score (nSPS) is 22.4. The lowest BCUT2D eigenvalue weighted by Gasteiger charge is -2.06. The van der Waals surface area contributed by atoms with Gasteiger partial charge >= 0.3 is 0 Å². The van der Waals surface area contributed by atoms with Gasteiger partial charge in [-0.3, -0.25) is 4.79 Å². The highest BCUT2D eigenvalue weighted by atomic mass is 16.5. The maximum absolute atomic E-state index is 11.4. The average molecular weight is 184 g/mol. The lowest BCUT2D eigenvalue weighted by atomic mass is 10.1. The van der Waals surface area contributed by atoms with Crippen LogP contribution in [0.5, 0.6) is 0 Å². The Kier molecular flexibility index (Phi) is 4.49. The summed E-state index contributed by atoms with van der Waals surface area (Å²) >= 11 is 0. The zero-order valence-electron chi connectivity index (χ0n) is 7.66. The fourth-order valence-corrected chi connectivity index (χ4v) is 1.22. The van der Waals surface area contributed by atoms with Gasteiger partial charge in [0.25, 0.3) is 0 Å². The molecule has 1 heterocycles. The molecule has 3 N–H and O–H groups in total. The molecule has 0 aromatic rings. The molecule has 0 aromatic carbocycles. The van der Waals surface area contributed by atoms with E-state index in [1.54, 1.807) is 0 Å². The van der Waals surface area contributed by atoms with Gasteiger partial charge in [-0.05, 0) is 6.42 Å². The van der Waals surface area contributed by atoms with Crippen LogP contribution in [0.2, 0.25) is 0 Å². The van der Waals surface area contributed by atoms with Crippen LogP contribution >= 0.6 is 0 Å². The third kappa shape index (κ3) is 3.57. The Labute approximate surface area is 78.1 Å². The van der Waals surface area contributed by atoms with Crippen molar-refractivity contribution in [1.82, 2.24) is 5.32 Å². The molecule has 0 aliphatic carbocycles. The number of nitrogens with two attached hydrogens (primary N) is 1. The topological polar surface area (TPSA) is 64.3 Å². The summed E-state index contributed by atoms with van der Waals surface area (Å²) in [5, 5.41) is 2.80. The molecule has 1 fully saturated rings. The molecule has 1 unspecified atom stereocenters. The molecule has 1 saturated heterocycles. The monoisotopic (exact) mass is 184 g/mol. The van der Waals surface area contributed by atoms with Crippen molar-refractivity contribution >= 4 is 5.91 Å². The number of rotatable bonds is 4. The maximum Gasteiger partial charge on any atom is 0.225 e. The smallest absolute Gasteiger partial charge is 0.225 e. The Morgan fingerprint density at radius 2 is 2.46 bits per heavy atom. The molecular weight excluding hydrogens is 168 g/mol. The second-order valence-electron chi connectivity index (χ2n) is 3.01. The largest absolute Gasteiger partial charge is 0.381 e. The molecule has 0 saturated carbocycles. The molecular formula is C9H16N2O2. The zero-order valence-corrected chi connectivity index (χ0v) is 7.66. The molecule has 0 radical (unpaired) electrons. The first kappa shape index (κ1) is 10.2. The Bertz CT molecular complexity index is 186. The first-order valence-electron chi connectivity index (χ1n) is 4.55. The van der Waals surface area contributed by atoms with Crippen LogP contribution in [0.4, 0.5) is 0 Å². The van der Waals surface area contributed by atoms with Gasteiger partial charge in [-0.2, -0.15) is 0 Å². The van der Waals surface area contributed by atoms with Crippen LogP contribution in [0, 0.1) is 5.92 Å². The minimum absolute atomic E-state index is 0.0475. The van der Waals surface area contributed by atoms with E-state index in [2.05, 4.69) is 5.32 Å². The number of hydrogen-bond donors (Lipinski definition) is 2. The van der Waals surface area contributed by atoms with Crippen LogP contribution in [-0.2, 0) is 9.53 Å². The summed E-state index contributed by atoms with van der Waals surface area (Å²) in [7, 11) is 0. The van der Waals surface area contributed by atoms with Crippen molar-refractivity contribution in [3.63, 3.8) is 0 Å². The summed E-state index contributed by atoms with van der Waals surface area (Å²) in [6, 6.07) is 0. The van der Waals surface area contributed by atoms with E-state index < -0.39 is 0 Å². The van der Waals surface area contributed by atoms with Gasteiger partial charge in [0.1, 0.15) is 0 Å². The number of ether oxygens (including phenoxy) is 1. The Hall–Kier alpha value is -0.870. The quantitative estimate of drug-likeness (QED) is 0.587. The second kappa shape index (κ2) is 5.72. The molecule has 1 amide bonds. The highest BCUT2D eigenvalue weighted by molar-refractivity contribution is 5.79. The van der Waals surface area contributed by atoms with Gasteiger partial charge in [-0.15, -0.1) is 0 Å². The fraction of sp³-hybridized carbons (Fsp3) is 0.667. The van der Waals surface area contributed by atoms with Crippen molar-refractivity contribution in [3.05, 3.63) is 12.2 Å². The highest BCUT2D eigenvalue weighted by Crippen LogP contribution is 2.11. The molecule has 4 nitrogen and oxygen atoms in total. The lowest BCUT2D eigenvalue weighted by molar-refractivity contribution is -0.124. The van der Waals surface area contributed by atoms with E-state index in [0.717, 1.165) is 6.42 Å². The maximum atomic E-state index is 11.4. The van der Waals surface area contributed by atoms with Crippen LogP contribution in [-0.4, -0.2) is 32.2 Å². The van der Waals surface area contributed by atoms with E-state index in [9.17, 15) is 4.79 Å². The van der Waals surface area contributed by atoms with Crippen LogP contribution in [0.25, 0.3) is 0 Å². The average Bonchev–Trinajstić information content (AvgIpc) is 2.65. The van der Waals surface area contributed by atoms with E-state index in [1.807, 2.05) is 12.2 Å². The Morgan fingerprint density at radius 1 is 1.62 bits per heavy atom. The third-order valence-corrected chi connectivity index (χ3v) is 2.00. The predicted octanol–water partition coefficient (Wildman–Crippen LogP) is -0.346. The van der Waals surface area contributed by atoms with Crippen molar-refractivity contribution in [2.24, 2.45) is 11.7 Å². The van der Waals surface area contributed by atoms with Crippen molar-refractivity contribution in [2.75, 3.05) is 26.3 Å². The summed E-state index contributed by atoms with van der Waals surface area (Å²) in [5.74, 6) is 0.130. The minimum atomic E-state index is 0.0475.